The summed E-state index contributed by atoms with van der Waals surface area (Å²) in [5, 5.41) is 3.98. The topological polar surface area (TPSA) is 58.0 Å². The van der Waals surface area contributed by atoms with Gasteiger partial charge in [0.1, 0.15) is 12.4 Å². The Hall–Kier alpha value is -3.23. The van der Waals surface area contributed by atoms with Gasteiger partial charge < -0.3 is 4.74 Å². The first-order chi connectivity index (χ1) is 13.3. The molecule has 0 aromatic heterocycles. The Kier molecular flexibility index (Phi) is 5.08. The Balaban J connectivity index is 1.48. The van der Waals surface area contributed by atoms with Crippen LogP contribution >= 0.6 is 0 Å². The van der Waals surface area contributed by atoms with Crippen LogP contribution in [0.25, 0.3) is 10.4 Å². The van der Waals surface area contributed by atoms with E-state index >= 15 is 0 Å². The molecule has 27 heavy (non-hydrogen) atoms. The lowest BCUT2D eigenvalue weighted by Gasteiger charge is -2.14. The largest absolute Gasteiger partial charge is 0.489 e. The van der Waals surface area contributed by atoms with Crippen LogP contribution in [0.15, 0.2) is 84.0 Å². The van der Waals surface area contributed by atoms with E-state index in [-0.39, 0.29) is 6.04 Å². The minimum atomic E-state index is -0.363. The van der Waals surface area contributed by atoms with E-state index in [2.05, 4.69) is 34.3 Å². The highest BCUT2D eigenvalue weighted by Crippen LogP contribution is 2.40. The van der Waals surface area contributed by atoms with Crippen LogP contribution in [0.1, 0.15) is 47.1 Å². The molecule has 0 spiro atoms. The fraction of sp³-hybridized carbons (Fsp3) is 0.217. The maximum absolute atomic E-state index is 8.97. The molecule has 0 aliphatic heterocycles. The van der Waals surface area contributed by atoms with Crippen molar-refractivity contribution in [2.24, 2.45) is 5.11 Å². The van der Waals surface area contributed by atoms with Crippen molar-refractivity contribution in [2.45, 2.75) is 31.4 Å². The van der Waals surface area contributed by atoms with Crippen LogP contribution in [0, 0.1) is 0 Å². The van der Waals surface area contributed by atoms with E-state index in [4.69, 9.17) is 10.3 Å². The summed E-state index contributed by atoms with van der Waals surface area (Å²) >= 11 is 0. The summed E-state index contributed by atoms with van der Waals surface area (Å²) in [6.45, 7) is 0.520. The Bertz CT molecular complexity index is 943. The van der Waals surface area contributed by atoms with Crippen LogP contribution in [0.3, 0.4) is 0 Å². The van der Waals surface area contributed by atoms with Gasteiger partial charge in [0.25, 0.3) is 0 Å². The molecule has 1 aliphatic carbocycles. The van der Waals surface area contributed by atoms with Crippen LogP contribution in [0.2, 0.25) is 0 Å². The van der Waals surface area contributed by atoms with E-state index in [0.29, 0.717) is 6.61 Å². The zero-order valence-corrected chi connectivity index (χ0v) is 15.0. The normalized spacial score (nSPS) is 14.2. The molecule has 1 atom stereocenters. The molecular weight excluding hydrogens is 334 g/mol. The molecule has 1 unspecified atom stereocenters. The fourth-order valence-electron chi connectivity index (χ4n) is 3.26. The highest BCUT2D eigenvalue weighted by molar-refractivity contribution is 5.37. The molecule has 4 heteroatoms. The van der Waals surface area contributed by atoms with E-state index in [1.807, 2.05) is 54.6 Å². The second-order valence-corrected chi connectivity index (χ2v) is 6.90. The highest BCUT2D eigenvalue weighted by Gasteiger charge is 2.22. The summed E-state index contributed by atoms with van der Waals surface area (Å²) in [6, 6.07) is 25.9. The summed E-state index contributed by atoms with van der Waals surface area (Å²) in [4.78, 5) is 3.02. The molecule has 134 valence electrons. The Morgan fingerprint density at radius 2 is 1.67 bits per heavy atom. The number of nitrogens with zero attached hydrogens (tertiary/aromatic N) is 3. The number of hydrogen-bond acceptors (Lipinski definition) is 2. The van der Waals surface area contributed by atoms with Gasteiger partial charge in [-0.05, 0) is 58.7 Å². The maximum Gasteiger partial charge on any atom is 0.120 e. The SMILES string of the molecule is [N-]=[N+]=NC(c1ccccc1)c1cccc(OCc2ccc(C3CC3)cc2)c1. The molecule has 1 aliphatic rings. The number of benzene rings is 3. The second kappa shape index (κ2) is 7.98. The summed E-state index contributed by atoms with van der Waals surface area (Å²) in [5.74, 6) is 1.54. The molecule has 0 amide bonds. The fourth-order valence-corrected chi connectivity index (χ4v) is 3.26. The minimum Gasteiger partial charge on any atom is -0.489 e. The molecule has 0 bridgehead atoms. The molecule has 3 aromatic carbocycles. The van der Waals surface area contributed by atoms with E-state index < -0.39 is 0 Å². The summed E-state index contributed by atoms with van der Waals surface area (Å²) in [5.41, 5.74) is 13.4. The minimum absolute atomic E-state index is 0.363. The lowest BCUT2D eigenvalue weighted by Crippen LogP contribution is -1.99. The van der Waals surface area contributed by atoms with Gasteiger partial charge in [-0.1, -0.05) is 71.8 Å². The van der Waals surface area contributed by atoms with Gasteiger partial charge in [0.2, 0.25) is 0 Å². The maximum atomic E-state index is 8.97. The van der Waals surface area contributed by atoms with Crippen molar-refractivity contribution < 1.29 is 4.74 Å². The van der Waals surface area contributed by atoms with Gasteiger partial charge >= 0.3 is 0 Å². The first-order valence-corrected chi connectivity index (χ1v) is 9.24. The summed E-state index contributed by atoms with van der Waals surface area (Å²) < 4.78 is 5.98. The first kappa shape index (κ1) is 17.2. The third kappa shape index (κ3) is 4.30. The van der Waals surface area contributed by atoms with Crippen LogP contribution in [0.4, 0.5) is 0 Å². The Morgan fingerprint density at radius 1 is 0.926 bits per heavy atom. The number of azide groups is 1. The first-order valence-electron chi connectivity index (χ1n) is 9.24. The molecule has 0 radical (unpaired) electrons. The van der Waals surface area contributed by atoms with Crippen molar-refractivity contribution in [3.63, 3.8) is 0 Å². The molecular formula is C23H21N3O. The molecule has 0 N–H and O–H groups in total. The second-order valence-electron chi connectivity index (χ2n) is 6.90. The standard InChI is InChI=1S/C23H21N3O/c24-26-25-23(20-5-2-1-3-6-20)21-7-4-8-22(15-21)27-16-17-9-11-18(12-10-17)19-13-14-19/h1-12,15,19,23H,13-14,16H2. The third-order valence-electron chi connectivity index (χ3n) is 4.89. The van der Waals surface area contributed by atoms with Gasteiger partial charge in [0, 0.05) is 4.91 Å². The predicted molar refractivity (Wildman–Crippen MR) is 107 cm³/mol. The zero-order valence-electron chi connectivity index (χ0n) is 15.0. The molecule has 0 saturated heterocycles. The molecule has 4 rings (SSSR count). The highest BCUT2D eigenvalue weighted by atomic mass is 16.5. The van der Waals surface area contributed by atoms with Gasteiger partial charge in [0.15, 0.2) is 0 Å². The van der Waals surface area contributed by atoms with Crippen molar-refractivity contribution in [1.82, 2.24) is 0 Å². The number of ether oxygens (including phenoxy) is 1. The average Bonchev–Trinajstić information content (AvgIpc) is 3.57. The van der Waals surface area contributed by atoms with Crippen LogP contribution < -0.4 is 4.74 Å². The van der Waals surface area contributed by atoms with Gasteiger partial charge in [-0.2, -0.15) is 0 Å². The molecule has 0 heterocycles. The van der Waals surface area contributed by atoms with Crippen molar-refractivity contribution >= 4 is 0 Å². The van der Waals surface area contributed by atoms with Crippen molar-refractivity contribution in [2.75, 3.05) is 0 Å². The number of hydrogen-bond donors (Lipinski definition) is 0. The van der Waals surface area contributed by atoms with Gasteiger partial charge in [-0.15, -0.1) is 0 Å². The van der Waals surface area contributed by atoms with E-state index in [1.54, 1.807) is 0 Å². The van der Waals surface area contributed by atoms with E-state index in [1.165, 1.54) is 18.4 Å². The predicted octanol–water partition coefficient (Wildman–Crippen LogP) is 6.54. The van der Waals surface area contributed by atoms with Crippen LogP contribution in [-0.2, 0) is 6.61 Å². The molecule has 3 aromatic rings. The third-order valence-corrected chi connectivity index (χ3v) is 4.89. The van der Waals surface area contributed by atoms with Crippen molar-refractivity contribution in [3.05, 3.63) is 112 Å². The Labute approximate surface area is 159 Å². The quantitative estimate of drug-likeness (QED) is 0.269. The monoisotopic (exact) mass is 355 g/mol. The molecule has 1 fully saturated rings. The van der Waals surface area contributed by atoms with Crippen molar-refractivity contribution in [1.29, 1.82) is 0 Å². The lowest BCUT2D eigenvalue weighted by atomic mass is 9.99. The van der Waals surface area contributed by atoms with E-state index in [0.717, 1.165) is 28.4 Å². The lowest BCUT2D eigenvalue weighted by molar-refractivity contribution is 0.306. The summed E-state index contributed by atoms with van der Waals surface area (Å²) in [6.07, 6.45) is 2.63. The zero-order chi connectivity index (χ0) is 18.5. The summed E-state index contributed by atoms with van der Waals surface area (Å²) in [7, 11) is 0. The van der Waals surface area contributed by atoms with E-state index in [9.17, 15) is 0 Å². The average molecular weight is 355 g/mol. The molecule has 1 saturated carbocycles. The van der Waals surface area contributed by atoms with Crippen LogP contribution in [-0.4, -0.2) is 0 Å². The Morgan fingerprint density at radius 3 is 2.37 bits per heavy atom. The smallest absolute Gasteiger partial charge is 0.120 e. The van der Waals surface area contributed by atoms with Gasteiger partial charge in [0.05, 0.1) is 6.04 Å². The van der Waals surface area contributed by atoms with Gasteiger partial charge in [-0.25, -0.2) is 0 Å². The van der Waals surface area contributed by atoms with Gasteiger partial charge in [-0.3, -0.25) is 0 Å². The van der Waals surface area contributed by atoms with Crippen molar-refractivity contribution in [3.8, 4) is 5.75 Å². The van der Waals surface area contributed by atoms with Crippen LogP contribution in [0.5, 0.6) is 5.75 Å². The number of rotatable bonds is 7. The molecule has 4 nitrogen and oxygen atoms in total.